The molecule has 2 atom stereocenters. The molecule has 0 aliphatic rings. The highest BCUT2D eigenvalue weighted by atomic mass is 32.1. The van der Waals surface area contributed by atoms with Crippen LogP contribution in [0.15, 0.2) is 55.6 Å². The average molecular weight is 1140 g/mol. The van der Waals surface area contributed by atoms with Crippen molar-refractivity contribution in [1.82, 2.24) is 9.13 Å². The van der Waals surface area contributed by atoms with Crippen LogP contribution < -0.4 is 27.0 Å². The van der Waals surface area contributed by atoms with Crippen LogP contribution in [0, 0.1) is 18.8 Å². The quantitative estimate of drug-likeness (QED) is 0.0170. The first-order chi connectivity index (χ1) is 40.1. The smallest absolute Gasteiger partial charge is 0.261 e. The average Bonchev–Trinajstić information content (AvgIpc) is 1.70. The molecule has 6 nitrogen and oxygen atoms in total. The van der Waals surface area contributed by atoms with Gasteiger partial charge < -0.3 is 0 Å². The first kappa shape index (κ1) is 58.9. The van der Waals surface area contributed by atoms with Gasteiger partial charge in [0, 0.05) is 103 Å². The summed E-state index contributed by atoms with van der Waals surface area (Å²) in [5.41, 5.74) is -0.678. The van der Waals surface area contributed by atoms with E-state index >= 15 is 19.2 Å². The van der Waals surface area contributed by atoms with Crippen LogP contribution in [0.4, 0.5) is 0 Å². The van der Waals surface area contributed by atoms with Gasteiger partial charge in [0.1, 0.15) is 0 Å². The zero-order valence-electron chi connectivity index (χ0n) is 51.0. The Morgan fingerprint density at radius 1 is 0.329 bits per heavy atom. The summed E-state index contributed by atoms with van der Waals surface area (Å²) in [5, 5.41) is 16.5. The number of nitrogens with zero attached hydrogens (tertiary/aromatic N) is 2. The van der Waals surface area contributed by atoms with Crippen molar-refractivity contribution >= 4 is 142 Å². The number of aryl methyl sites for hydroxylation is 1. The van der Waals surface area contributed by atoms with Gasteiger partial charge in [-0.25, -0.2) is 0 Å². The number of unbranched alkanes of at least 4 members (excludes halogenated alkanes) is 24. The molecule has 0 aliphatic heterocycles. The first-order valence-electron chi connectivity index (χ1n) is 33.4. The van der Waals surface area contributed by atoms with E-state index in [1.807, 2.05) is 0 Å². The SMILES string of the molecule is Bc1cc2c3cc4c(=O)n(CC(CCCCCCCC)CCCCCCCCCC)c(=O)c5cc6c7sc(C)cc7c7cc8c(=O)n(CC(CCCCCCCC)CCCCCCCCCC)c(=O)c9cc(c2s1)c1c3c(c45)c6c7c1c89. The molecular formula is C73H93BN2O4S2. The third kappa shape index (κ3) is 11.3. The monoisotopic (exact) mass is 1140 g/mol. The Bertz CT molecular complexity index is 3690. The molecule has 4 heterocycles. The number of hydrogen-bond acceptors (Lipinski definition) is 6. The molecule has 0 amide bonds. The summed E-state index contributed by atoms with van der Waals surface area (Å²) in [7, 11) is 2.17. The van der Waals surface area contributed by atoms with Crippen LogP contribution in [-0.4, -0.2) is 17.0 Å². The van der Waals surface area contributed by atoms with Gasteiger partial charge in [-0.3, -0.25) is 28.3 Å². The minimum atomic E-state index is -0.170. The van der Waals surface area contributed by atoms with E-state index in [0.717, 1.165) is 136 Å². The second-order valence-electron chi connectivity index (χ2n) is 25.9. The molecule has 7 aromatic carbocycles. The normalized spacial score (nSPS) is 13.5. The molecule has 4 aromatic heterocycles. The maximum absolute atomic E-state index is 15.6. The van der Waals surface area contributed by atoms with Crippen LogP contribution in [0.3, 0.4) is 0 Å². The van der Waals surface area contributed by atoms with Crippen molar-refractivity contribution in [1.29, 1.82) is 0 Å². The Morgan fingerprint density at radius 2 is 0.622 bits per heavy atom. The largest absolute Gasteiger partial charge is 0.274 e. The predicted octanol–water partition coefficient (Wildman–Crippen LogP) is 19.9. The van der Waals surface area contributed by atoms with E-state index in [-0.39, 0.29) is 34.1 Å². The van der Waals surface area contributed by atoms with Gasteiger partial charge in [0.2, 0.25) is 0 Å². The third-order valence-corrected chi connectivity index (χ3v) is 21.9. The lowest BCUT2D eigenvalue weighted by Crippen LogP contribution is -2.36. The lowest BCUT2D eigenvalue weighted by molar-refractivity contribution is 0.350. The van der Waals surface area contributed by atoms with E-state index in [0.29, 0.717) is 34.6 Å². The minimum absolute atomic E-state index is 0.169. The molecule has 0 saturated carbocycles. The van der Waals surface area contributed by atoms with E-state index in [2.05, 4.69) is 78.9 Å². The fraction of sp³-hybridized carbons (Fsp3) is 0.562. The highest BCUT2D eigenvalue weighted by Gasteiger charge is 2.32. The van der Waals surface area contributed by atoms with Gasteiger partial charge in [0.05, 0.1) is 0 Å². The van der Waals surface area contributed by atoms with Crippen LogP contribution in [-0.2, 0) is 13.1 Å². The predicted molar refractivity (Wildman–Crippen MR) is 365 cm³/mol. The van der Waals surface area contributed by atoms with E-state index in [4.69, 9.17) is 0 Å². The molecule has 0 spiro atoms. The summed E-state index contributed by atoms with van der Waals surface area (Å²) in [6.45, 7) is 12.2. The standard InChI is InChI=1S/C73H93BN2O4S2/c1-6-10-14-18-22-24-28-32-36-47(34-30-26-20-16-12-8-3)44-75-70(77)55-39-49-51-38-46(5)81-68(51)53-41-57-61-56(71(78)76(72(57)79)45-48(35-31-27-21-17-13-9-4)37-33-29-25-23-19-15-11-7-2)40-50-52-43-59(74)82-69(52)54-42-58(73(75)80)60(55)66-62(49)64(53)67(61)63(50)65(54)66/h38-43,47-48H,6-37,44-45,74H2,1-5H3. The molecule has 0 aliphatic carbocycles. The lowest BCUT2D eigenvalue weighted by Gasteiger charge is -2.25. The van der Waals surface area contributed by atoms with Crippen LogP contribution in [0.2, 0.25) is 0 Å². The summed E-state index contributed by atoms with van der Waals surface area (Å²) in [5.74, 6) is 0.504. The molecule has 2 unspecified atom stereocenters. The molecule has 11 aromatic rings. The zero-order valence-corrected chi connectivity index (χ0v) is 52.6. The van der Waals surface area contributed by atoms with E-state index in [1.165, 1.54) is 164 Å². The summed E-state index contributed by atoms with van der Waals surface area (Å²) < 4.78 is 6.71. The fourth-order valence-electron chi connectivity index (χ4n) is 15.4. The molecule has 434 valence electrons. The van der Waals surface area contributed by atoms with Crippen LogP contribution in [0.25, 0.3) is 106 Å². The van der Waals surface area contributed by atoms with E-state index < -0.39 is 0 Å². The number of pyridine rings is 2. The third-order valence-electron chi connectivity index (χ3n) is 19.7. The number of hydrogen-bond donors (Lipinski definition) is 0. The Kier molecular flexibility index (Phi) is 19.1. The van der Waals surface area contributed by atoms with Gasteiger partial charge in [-0.2, -0.15) is 11.3 Å². The molecular weight excluding hydrogens is 1040 g/mol. The second-order valence-corrected chi connectivity index (χ2v) is 28.4. The van der Waals surface area contributed by atoms with Gasteiger partial charge in [0.15, 0.2) is 7.85 Å². The number of thiophene rings is 2. The van der Waals surface area contributed by atoms with Gasteiger partial charge in [-0.1, -0.05) is 207 Å². The molecule has 82 heavy (non-hydrogen) atoms. The Hall–Kier alpha value is -4.86. The maximum Gasteiger partial charge on any atom is 0.261 e. The van der Waals surface area contributed by atoms with Crippen molar-refractivity contribution in [3.63, 3.8) is 0 Å². The minimum Gasteiger partial charge on any atom is -0.274 e. The van der Waals surface area contributed by atoms with E-state index in [1.54, 1.807) is 31.8 Å². The fourth-order valence-corrected chi connectivity index (χ4v) is 17.5. The zero-order chi connectivity index (χ0) is 57.0. The second kappa shape index (κ2) is 26.6. The van der Waals surface area contributed by atoms with Crippen molar-refractivity contribution < 1.29 is 0 Å². The van der Waals surface area contributed by atoms with Crippen LogP contribution in [0.5, 0.6) is 0 Å². The number of benzene rings is 7. The van der Waals surface area contributed by atoms with Crippen LogP contribution >= 0.6 is 22.7 Å². The summed E-state index contributed by atoms with van der Waals surface area (Å²) >= 11 is 3.52. The molecule has 0 N–H and O–H groups in total. The molecule has 0 fully saturated rings. The summed E-state index contributed by atoms with van der Waals surface area (Å²) in [6.07, 6.45) is 39.0. The van der Waals surface area contributed by atoms with Gasteiger partial charge in [-0.15, -0.1) is 11.3 Å². The van der Waals surface area contributed by atoms with Crippen molar-refractivity contribution in [2.45, 2.75) is 253 Å². The Balaban J connectivity index is 1.08. The Morgan fingerprint density at radius 3 is 0.976 bits per heavy atom. The van der Waals surface area contributed by atoms with Crippen molar-refractivity contribution in [2.75, 3.05) is 0 Å². The summed E-state index contributed by atoms with van der Waals surface area (Å²) in [4.78, 5) is 63.6. The number of fused-ring (bicyclic) bond motifs is 6. The van der Waals surface area contributed by atoms with Gasteiger partial charge in [-0.05, 0) is 107 Å². The Labute approximate surface area is 495 Å². The van der Waals surface area contributed by atoms with Crippen molar-refractivity contribution in [3.05, 3.63) is 82.7 Å². The maximum atomic E-state index is 15.6. The van der Waals surface area contributed by atoms with Crippen molar-refractivity contribution in [2.24, 2.45) is 11.8 Å². The molecule has 11 rings (SSSR count). The molecule has 0 saturated heterocycles. The molecule has 9 heteroatoms. The van der Waals surface area contributed by atoms with Crippen molar-refractivity contribution in [3.8, 4) is 0 Å². The first-order valence-corrected chi connectivity index (χ1v) is 35.0. The lowest BCUT2D eigenvalue weighted by atomic mass is 9.78. The molecule has 0 bridgehead atoms. The molecule has 0 radical (unpaired) electrons. The highest BCUT2D eigenvalue weighted by molar-refractivity contribution is 7.27. The number of aromatic nitrogens is 2. The van der Waals surface area contributed by atoms with Gasteiger partial charge in [0.25, 0.3) is 22.2 Å². The topological polar surface area (TPSA) is 78.1 Å². The van der Waals surface area contributed by atoms with E-state index in [9.17, 15) is 0 Å². The van der Waals surface area contributed by atoms with Crippen LogP contribution in [0.1, 0.15) is 238 Å². The number of rotatable bonds is 36. The summed E-state index contributed by atoms with van der Waals surface area (Å²) in [6, 6.07) is 13.1. The highest BCUT2D eigenvalue weighted by Crippen LogP contribution is 2.56. The van der Waals surface area contributed by atoms with Gasteiger partial charge >= 0.3 is 0 Å².